The van der Waals surface area contributed by atoms with Gasteiger partial charge in [-0.1, -0.05) is 111 Å². The summed E-state index contributed by atoms with van der Waals surface area (Å²) in [5.41, 5.74) is 27.0. The molecule has 5 aromatic carbocycles. The molecule has 11 nitrogen and oxygen atoms in total. The topological polar surface area (TPSA) is 187 Å². The maximum atomic E-state index is 8.31. The minimum Gasteiger partial charge on any atom is -0.399 e. The van der Waals surface area contributed by atoms with Gasteiger partial charge in [0.05, 0.1) is 19.6 Å². The number of aliphatic imine (C=N–C) groups is 2. The van der Waals surface area contributed by atoms with Gasteiger partial charge in [0, 0.05) is 30.3 Å². The summed E-state index contributed by atoms with van der Waals surface area (Å²) in [6, 6.07) is 44.9. The van der Waals surface area contributed by atoms with E-state index < -0.39 is 0 Å². The molecule has 0 radical (unpaired) electrons. The molecule has 0 heterocycles. The highest BCUT2D eigenvalue weighted by Crippen LogP contribution is 2.09. The van der Waals surface area contributed by atoms with Crippen LogP contribution in [0.4, 0.5) is 17.1 Å². The molecule has 0 fully saturated rings. The lowest BCUT2D eigenvalue weighted by atomic mass is 10.1. The molecular formula is C39H47N11. The van der Waals surface area contributed by atoms with Crippen molar-refractivity contribution < 1.29 is 0 Å². The molecule has 0 amide bonds. The van der Waals surface area contributed by atoms with E-state index in [1.165, 1.54) is 0 Å². The van der Waals surface area contributed by atoms with E-state index in [1.807, 2.05) is 146 Å². The normalized spacial score (nSPS) is 10.3. The summed E-state index contributed by atoms with van der Waals surface area (Å²) in [5, 5.41) is 20.6. The van der Waals surface area contributed by atoms with Gasteiger partial charge in [0.15, 0.2) is 18.1 Å². The summed E-state index contributed by atoms with van der Waals surface area (Å²) in [4.78, 5) is 8.73. The molecule has 0 aliphatic carbocycles. The number of nitriles is 1. The zero-order chi connectivity index (χ0) is 34.9. The van der Waals surface area contributed by atoms with Crippen molar-refractivity contribution >= 4 is 35.7 Å². The van der Waals surface area contributed by atoms with Gasteiger partial charge in [-0.05, 0) is 58.7 Å². The third kappa shape index (κ3) is 16.7. The van der Waals surface area contributed by atoms with E-state index >= 15 is 0 Å². The summed E-state index contributed by atoms with van der Waals surface area (Å²) >= 11 is 0. The quantitative estimate of drug-likeness (QED) is 0.0210. The number of nitrogen functional groups attached to an aromatic ring is 1. The highest BCUT2D eigenvalue weighted by molar-refractivity contribution is 5.92. The highest BCUT2D eigenvalue weighted by Gasteiger charge is 1.98. The van der Waals surface area contributed by atoms with Gasteiger partial charge in [0.2, 0.25) is 0 Å². The number of nitrogens with one attached hydrogen (secondary N) is 4. The maximum Gasteiger partial charge on any atom is 0.193 e. The van der Waals surface area contributed by atoms with Crippen molar-refractivity contribution in [1.29, 1.82) is 5.26 Å². The van der Waals surface area contributed by atoms with Crippen molar-refractivity contribution in [1.82, 2.24) is 10.7 Å². The first kappa shape index (κ1) is 39.4. The number of hydrogen-bond donors (Lipinski definition) is 7. The molecule has 11 heteroatoms. The zero-order valence-electron chi connectivity index (χ0n) is 27.3. The monoisotopic (exact) mass is 669 g/mol. The third-order valence-electron chi connectivity index (χ3n) is 6.57. The Bertz CT molecular complexity index is 1660. The van der Waals surface area contributed by atoms with Crippen LogP contribution >= 0.6 is 0 Å². The Morgan fingerprint density at radius 3 is 1.32 bits per heavy atom. The molecule has 0 bridgehead atoms. The van der Waals surface area contributed by atoms with Crippen LogP contribution in [0, 0.1) is 11.5 Å². The number of guanidine groups is 2. The maximum absolute atomic E-state index is 8.31. The van der Waals surface area contributed by atoms with Gasteiger partial charge in [0.25, 0.3) is 0 Å². The van der Waals surface area contributed by atoms with Crippen molar-refractivity contribution in [3.8, 4) is 6.19 Å². The second-order valence-electron chi connectivity index (χ2n) is 10.4. The molecular weight excluding hydrogens is 623 g/mol. The van der Waals surface area contributed by atoms with Gasteiger partial charge in [-0.3, -0.25) is 0 Å². The lowest BCUT2D eigenvalue weighted by molar-refractivity contribution is 0.750. The number of hydrazone groups is 1. The molecule has 0 unspecified atom stereocenters. The van der Waals surface area contributed by atoms with Crippen molar-refractivity contribution in [2.24, 2.45) is 26.6 Å². The van der Waals surface area contributed by atoms with Gasteiger partial charge in [-0.2, -0.15) is 10.4 Å². The summed E-state index contributed by atoms with van der Waals surface area (Å²) in [7, 11) is 0. The second-order valence-corrected chi connectivity index (χ2v) is 10.4. The molecule has 0 spiro atoms. The smallest absolute Gasteiger partial charge is 0.193 e. The Kier molecular flexibility index (Phi) is 18.5. The number of nitrogens with zero attached hydrogens (tertiary/aromatic N) is 4. The lowest BCUT2D eigenvalue weighted by Crippen LogP contribution is -2.22. The third-order valence-corrected chi connectivity index (χ3v) is 6.57. The average Bonchev–Trinajstić information content (AvgIpc) is 3.14. The molecule has 5 aromatic rings. The summed E-state index contributed by atoms with van der Waals surface area (Å²) in [5.74, 6) is 0.777. The van der Waals surface area contributed by atoms with Crippen LogP contribution in [0.25, 0.3) is 0 Å². The number of anilines is 3. The van der Waals surface area contributed by atoms with Crippen LogP contribution in [-0.2, 0) is 26.2 Å². The Balaban J connectivity index is 0.000000326. The van der Waals surface area contributed by atoms with E-state index in [0.29, 0.717) is 38.1 Å². The van der Waals surface area contributed by atoms with E-state index in [1.54, 1.807) is 0 Å². The molecule has 0 aliphatic rings. The number of nitrogens with two attached hydrogens (primary N) is 3. The first-order valence-electron chi connectivity index (χ1n) is 15.5. The van der Waals surface area contributed by atoms with E-state index in [2.05, 4.69) is 43.2 Å². The van der Waals surface area contributed by atoms with E-state index in [4.69, 9.17) is 22.5 Å². The number of benzene rings is 5. The van der Waals surface area contributed by atoms with Crippen molar-refractivity contribution in [3.05, 3.63) is 162 Å². The average molecular weight is 670 g/mol. The predicted octanol–water partition coefficient (Wildman–Crippen LogP) is 6.41. The van der Waals surface area contributed by atoms with Crippen LogP contribution in [0.3, 0.4) is 0 Å². The van der Waals surface area contributed by atoms with Gasteiger partial charge < -0.3 is 38.6 Å². The molecule has 5 rings (SSSR count). The van der Waals surface area contributed by atoms with Crippen LogP contribution in [0.5, 0.6) is 0 Å². The first-order valence-corrected chi connectivity index (χ1v) is 15.5. The molecule has 0 aromatic heterocycles. The SMILES string of the molecule is C.C=NNCc1ccc(CNC#N)cc1.NC(=NCc1ccc(CN=C(N)Nc2ccccc2)cc1)Nc1ccccc1.Nc1ccccc1. The molecule has 10 N–H and O–H groups in total. The van der Waals surface area contributed by atoms with Crippen molar-refractivity contribution in [3.63, 3.8) is 0 Å². The minimum absolute atomic E-state index is 0. The van der Waals surface area contributed by atoms with Gasteiger partial charge in [-0.15, -0.1) is 0 Å². The predicted molar refractivity (Wildman–Crippen MR) is 210 cm³/mol. The lowest BCUT2D eigenvalue weighted by Gasteiger charge is -2.06. The van der Waals surface area contributed by atoms with Crippen LogP contribution in [0.2, 0.25) is 0 Å². The Labute approximate surface area is 295 Å². The zero-order valence-corrected chi connectivity index (χ0v) is 27.3. The van der Waals surface area contributed by atoms with Crippen molar-refractivity contribution in [2.75, 3.05) is 16.4 Å². The largest absolute Gasteiger partial charge is 0.399 e. The second kappa shape index (κ2) is 23.5. The van der Waals surface area contributed by atoms with Crippen LogP contribution in [0.15, 0.2) is 155 Å². The Morgan fingerprint density at radius 1 is 0.580 bits per heavy atom. The van der Waals surface area contributed by atoms with Gasteiger partial charge >= 0.3 is 0 Å². The molecule has 258 valence electrons. The summed E-state index contributed by atoms with van der Waals surface area (Å²) < 4.78 is 0. The Hall–Kier alpha value is -6.80. The highest BCUT2D eigenvalue weighted by atomic mass is 15.3. The number of rotatable bonds is 11. The van der Waals surface area contributed by atoms with Gasteiger partial charge in [0.1, 0.15) is 0 Å². The summed E-state index contributed by atoms with van der Waals surface area (Å²) in [6.07, 6.45) is 1.88. The van der Waals surface area contributed by atoms with E-state index in [9.17, 15) is 0 Å². The Morgan fingerprint density at radius 2 is 0.960 bits per heavy atom. The van der Waals surface area contributed by atoms with E-state index in [-0.39, 0.29) is 7.43 Å². The number of hydrogen-bond acceptors (Lipinski definition) is 7. The molecule has 0 saturated carbocycles. The van der Waals surface area contributed by atoms with Crippen LogP contribution in [-0.4, -0.2) is 18.6 Å². The van der Waals surface area contributed by atoms with Gasteiger partial charge in [-0.25, -0.2) is 9.98 Å². The fraction of sp³-hybridized carbons (Fsp3) is 0.128. The standard InChI is InChI=1S/C22H24N6.C10H12N4.C6H7N.CH4/c23-21(27-19-7-3-1-4-8-19)25-15-17-11-13-18(14-12-17)16-26-22(24)28-20-9-5-2-6-10-20;1-12-14-7-10-4-2-9(3-5-10)6-13-8-11;7-6-4-2-1-3-5-6;/h1-14H,15-16H2,(H3,23,25,27)(H3,24,26,28);2-5,13-14H,1,6-7H2;1-5H,7H2;1H4. The fourth-order valence-corrected chi connectivity index (χ4v) is 4.04. The van der Waals surface area contributed by atoms with Crippen molar-refractivity contribution in [2.45, 2.75) is 33.6 Å². The molecule has 0 aliphatic heterocycles. The van der Waals surface area contributed by atoms with E-state index in [0.717, 1.165) is 39.3 Å². The minimum atomic E-state index is 0. The number of para-hydroxylation sites is 3. The summed E-state index contributed by atoms with van der Waals surface area (Å²) in [6.45, 7) is 5.59. The first-order chi connectivity index (χ1) is 23.9. The van der Waals surface area contributed by atoms with Crippen LogP contribution in [0.1, 0.15) is 29.7 Å². The fourth-order valence-electron chi connectivity index (χ4n) is 4.04. The molecule has 50 heavy (non-hydrogen) atoms. The van der Waals surface area contributed by atoms with Crippen LogP contribution < -0.4 is 38.6 Å². The molecule has 0 saturated heterocycles. The molecule has 0 atom stereocenters.